The first-order valence-corrected chi connectivity index (χ1v) is 8.55. The third-order valence-electron chi connectivity index (χ3n) is 3.84. The van der Waals surface area contributed by atoms with Crippen LogP contribution in [-0.2, 0) is 22.4 Å². The molecular weight excluding hydrogens is 398 g/mol. The van der Waals surface area contributed by atoms with Crippen LogP contribution in [0.15, 0.2) is 12.1 Å². The summed E-state index contributed by atoms with van der Waals surface area (Å²) in [7, 11) is 0. The van der Waals surface area contributed by atoms with Crippen LogP contribution in [0.1, 0.15) is 35.3 Å². The molecule has 0 aliphatic carbocycles. The number of halogens is 1. The fourth-order valence-electron chi connectivity index (χ4n) is 2.34. The minimum atomic E-state index is -1.12. The highest BCUT2D eigenvalue weighted by Gasteiger charge is 2.26. The maximum Gasteiger partial charge on any atom is 0.306 e. The molecule has 9 heteroatoms. The van der Waals surface area contributed by atoms with Gasteiger partial charge < -0.3 is 10.2 Å². The Labute approximate surface area is 152 Å². The average Bonchev–Trinajstić information content (AvgIpc) is 2.54. The second-order valence-corrected chi connectivity index (χ2v) is 6.39. The Hall–Kier alpha value is -2.29. The molecule has 0 amide bonds. The summed E-state index contributed by atoms with van der Waals surface area (Å²) in [5.74, 6) is -4.32. The highest BCUT2D eigenvalue weighted by Crippen LogP contribution is 2.30. The van der Waals surface area contributed by atoms with E-state index >= 15 is 0 Å². The lowest BCUT2D eigenvalue weighted by Gasteiger charge is -2.16. The number of ketones is 1. The largest absolute Gasteiger partial charge is 0.481 e. The molecular formula is C16H18BrNO7. The van der Waals surface area contributed by atoms with E-state index in [2.05, 4.69) is 15.9 Å². The first-order valence-electron chi connectivity index (χ1n) is 7.43. The standard InChI is InChI=1S/C16H18BrNO7/c1-8(15(20)21)3-10-5-11(14(19)7-17)6-13(18(24)25)12(10)4-9(2)16(22)23/h5-6,8-9H,3-4,7H2,1-2H3,(H,20,21)(H,22,23). The maximum absolute atomic E-state index is 11.9. The highest BCUT2D eigenvalue weighted by atomic mass is 79.9. The number of hydrogen-bond acceptors (Lipinski definition) is 5. The lowest BCUT2D eigenvalue weighted by atomic mass is 9.88. The number of rotatable bonds is 9. The van der Waals surface area contributed by atoms with Gasteiger partial charge in [0.05, 0.1) is 22.1 Å². The van der Waals surface area contributed by atoms with Crippen molar-refractivity contribution < 1.29 is 29.5 Å². The van der Waals surface area contributed by atoms with Gasteiger partial charge in [-0.15, -0.1) is 0 Å². The van der Waals surface area contributed by atoms with E-state index in [1.807, 2.05) is 0 Å². The Balaban J connectivity index is 3.55. The van der Waals surface area contributed by atoms with E-state index in [-0.39, 0.29) is 40.8 Å². The van der Waals surface area contributed by atoms with E-state index in [0.29, 0.717) is 5.56 Å². The van der Waals surface area contributed by atoms with Gasteiger partial charge in [0.2, 0.25) is 0 Å². The molecule has 2 unspecified atom stereocenters. The second kappa shape index (κ2) is 8.70. The number of carboxylic acid groups (broad SMARTS) is 2. The number of carbonyl (C=O) groups is 3. The summed E-state index contributed by atoms with van der Waals surface area (Å²) in [5.41, 5.74) is 0.177. The van der Waals surface area contributed by atoms with E-state index < -0.39 is 28.7 Å². The Morgan fingerprint density at radius 1 is 1.12 bits per heavy atom. The predicted molar refractivity (Wildman–Crippen MR) is 92.2 cm³/mol. The predicted octanol–water partition coefficient (Wildman–Crippen LogP) is 2.70. The minimum absolute atomic E-state index is 0.0387. The number of nitro benzene ring substituents is 1. The van der Waals surface area contributed by atoms with Gasteiger partial charge >= 0.3 is 11.9 Å². The van der Waals surface area contributed by atoms with E-state index in [1.54, 1.807) is 0 Å². The fraction of sp³-hybridized carbons (Fsp3) is 0.438. The Kier molecular flexibility index (Phi) is 7.22. The van der Waals surface area contributed by atoms with E-state index in [4.69, 9.17) is 10.2 Å². The van der Waals surface area contributed by atoms with Gasteiger partial charge in [-0.25, -0.2) is 0 Å². The van der Waals surface area contributed by atoms with Crippen LogP contribution in [0, 0.1) is 22.0 Å². The van der Waals surface area contributed by atoms with Crippen molar-refractivity contribution >= 4 is 39.3 Å². The number of nitrogens with zero attached hydrogens (tertiary/aromatic N) is 1. The van der Waals surface area contributed by atoms with Crippen LogP contribution in [0.2, 0.25) is 0 Å². The van der Waals surface area contributed by atoms with Gasteiger partial charge in [-0.2, -0.15) is 0 Å². The third-order valence-corrected chi connectivity index (χ3v) is 4.35. The normalized spacial score (nSPS) is 13.1. The monoisotopic (exact) mass is 415 g/mol. The smallest absolute Gasteiger partial charge is 0.306 e. The minimum Gasteiger partial charge on any atom is -0.481 e. The van der Waals surface area contributed by atoms with Crippen molar-refractivity contribution in [2.45, 2.75) is 26.7 Å². The first kappa shape index (κ1) is 20.8. The summed E-state index contributed by atoms with van der Waals surface area (Å²) >= 11 is 3.00. The second-order valence-electron chi connectivity index (χ2n) is 5.83. The number of benzene rings is 1. The molecule has 0 aliphatic heterocycles. The lowest BCUT2D eigenvalue weighted by molar-refractivity contribution is -0.385. The Morgan fingerprint density at radius 3 is 2.08 bits per heavy atom. The van der Waals surface area contributed by atoms with E-state index in [9.17, 15) is 24.5 Å². The molecule has 2 atom stereocenters. The summed E-state index contributed by atoms with van der Waals surface area (Å²) in [6, 6.07) is 2.53. The summed E-state index contributed by atoms with van der Waals surface area (Å²) in [6.07, 6.45) is -0.169. The number of nitro groups is 1. The first-order chi connectivity index (χ1) is 11.6. The van der Waals surface area contributed by atoms with Gasteiger partial charge in [-0.1, -0.05) is 29.8 Å². The van der Waals surface area contributed by atoms with Gasteiger partial charge in [-0.05, 0) is 24.5 Å². The third kappa shape index (κ3) is 5.35. The molecule has 136 valence electrons. The molecule has 0 heterocycles. The van der Waals surface area contributed by atoms with E-state index in [1.165, 1.54) is 19.9 Å². The van der Waals surface area contributed by atoms with Gasteiger partial charge in [0.25, 0.3) is 5.69 Å². The molecule has 2 N–H and O–H groups in total. The van der Waals surface area contributed by atoms with Crippen molar-refractivity contribution in [2.24, 2.45) is 11.8 Å². The molecule has 1 aromatic carbocycles. The molecule has 0 bridgehead atoms. The number of hydrogen-bond donors (Lipinski definition) is 2. The molecule has 1 aromatic rings. The van der Waals surface area contributed by atoms with Crippen molar-refractivity contribution in [2.75, 3.05) is 5.33 Å². The molecule has 0 aromatic heterocycles. The zero-order valence-corrected chi connectivity index (χ0v) is 15.3. The summed E-state index contributed by atoms with van der Waals surface area (Å²) in [6.45, 7) is 2.85. The molecule has 1 rings (SSSR count). The maximum atomic E-state index is 11.9. The summed E-state index contributed by atoms with van der Waals surface area (Å²) in [4.78, 5) is 44.9. The van der Waals surface area contributed by atoms with Gasteiger partial charge in [0.15, 0.2) is 5.78 Å². The fourth-order valence-corrected chi connectivity index (χ4v) is 2.67. The van der Waals surface area contributed by atoms with Crippen LogP contribution in [0.25, 0.3) is 0 Å². The molecule has 0 saturated heterocycles. The van der Waals surface area contributed by atoms with Crippen molar-refractivity contribution in [3.63, 3.8) is 0 Å². The summed E-state index contributed by atoms with van der Waals surface area (Å²) < 4.78 is 0. The number of carbonyl (C=O) groups excluding carboxylic acids is 1. The number of aliphatic carboxylic acids is 2. The van der Waals surface area contributed by atoms with Gasteiger partial charge in [-0.3, -0.25) is 24.5 Å². The molecule has 0 spiro atoms. The lowest BCUT2D eigenvalue weighted by Crippen LogP contribution is -2.18. The summed E-state index contributed by atoms with van der Waals surface area (Å²) in [5, 5.41) is 29.6. The number of alkyl halides is 1. The molecule has 0 radical (unpaired) electrons. The molecule has 0 fully saturated rings. The molecule has 8 nitrogen and oxygen atoms in total. The van der Waals surface area contributed by atoms with Crippen LogP contribution in [0.3, 0.4) is 0 Å². The zero-order chi connectivity index (χ0) is 19.3. The molecule has 0 aliphatic rings. The topological polar surface area (TPSA) is 135 Å². The zero-order valence-electron chi connectivity index (χ0n) is 13.7. The van der Waals surface area contributed by atoms with Crippen LogP contribution < -0.4 is 0 Å². The Bertz CT molecular complexity index is 717. The van der Waals surface area contributed by atoms with Crippen LogP contribution in [0.4, 0.5) is 5.69 Å². The number of Topliss-reactive ketones (excluding diaryl/α,β-unsaturated/α-hetero) is 1. The van der Waals surface area contributed by atoms with Crippen molar-refractivity contribution in [1.82, 2.24) is 0 Å². The SMILES string of the molecule is CC(Cc1cc(C(=O)CBr)cc([N+](=O)[O-])c1CC(C)C(=O)O)C(=O)O. The Morgan fingerprint density at radius 2 is 1.64 bits per heavy atom. The molecule has 0 saturated carbocycles. The van der Waals surface area contributed by atoms with Crippen LogP contribution >= 0.6 is 15.9 Å². The van der Waals surface area contributed by atoms with Crippen molar-refractivity contribution in [1.29, 1.82) is 0 Å². The highest BCUT2D eigenvalue weighted by molar-refractivity contribution is 9.09. The number of carboxylic acids is 2. The van der Waals surface area contributed by atoms with Crippen LogP contribution in [0.5, 0.6) is 0 Å². The van der Waals surface area contributed by atoms with Crippen molar-refractivity contribution in [3.05, 3.63) is 38.9 Å². The van der Waals surface area contributed by atoms with Gasteiger partial charge in [0.1, 0.15) is 0 Å². The molecule has 25 heavy (non-hydrogen) atoms. The van der Waals surface area contributed by atoms with Crippen molar-refractivity contribution in [3.8, 4) is 0 Å². The quantitative estimate of drug-likeness (QED) is 0.274. The van der Waals surface area contributed by atoms with Crippen LogP contribution in [-0.4, -0.2) is 38.2 Å². The van der Waals surface area contributed by atoms with E-state index in [0.717, 1.165) is 6.07 Å². The average molecular weight is 416 g/mol. The van der Waals surface area contributed by atoms with Gasteiger partial charge in [0, 0.05) is 17.2 Å².